The summed E-state index contributed by atoms with van der Waals surface area (Å²) in [4.78, 5) is 5.17. The third-order valence-electron chi connectivity index (χ3n) is 6.73. The van der Waals surface area contributed by atoms with Gasteiger partial charge in [-0.05, 0) is 65.8 Å². The van der Waals surface area contributed by atoms with Gasteiger partial charge in [-0.15, -0.1) is 0 Å². The minimum Gasteiger partial charge on any atom is -0.304 e. The van der Waals surface area contributed by atoms with Gasteiger partial charge in [0, 0.05) is 32.2 Å². The van der Waals surface area contributed by atoms with Crippen molar-refractivity contribution in [2.24, 2.45) is 0 Å². The first-order valence-corrected chi connectivity index (χ1v) is 11.0. The molecule has 0 spiro atoms. The zero-order valence-electron chi connectivity index (χ0n) is 17.3. The van der Waals surface area contributed by atoms with Crippen LogP contribution in [0.2, 0.25) is 0 Å². The molecule has 5 rings (SSSR count). The van der Waals surface area contributed by atoms with Crippen molar-refractivity contribution in [3.05, 3.63) is 83.9 Å². The van der Waals surface area contributed by atoms with Gasteiger partial charge in [0.25, 0.3) is 0 Å². The standard InChI is InChI=1S/C27H30N2/c1-28-16-18-29(19-17-28)27-9-5-8-24-14-15-25(20-26(24)27)23-12-10-22(11-13-23)21-6-3-2-4-7-21/h2-4,6-7,10-15,20,27H,5,8-9,16-19H2,1H3. The van der Waals surface area contributed by atoms with Crippen molar-refractivity contribution < 1.29 is 0 Å². The highest BCUT2D eigenvalue weighted by molar-refractivity contribution is 5.71. The molecule has 0 aromatic heterocycles. The second kappa shape index (κ2) is 8.14. The number of hydrogen-bond acceptors (Lipinski definition) is 2. The fourth-order valence-electron chi connectivity index (χ4n) is 4.95. The minimum absolute atomic E-state index is 0.594. The molecule has 1 saturated heterocycles. The summed E-state index contributed by atoms with van der Waals surface area (Å²) in [6, 6.07) is 27.5. The van der Waals surface area contributed by atoms with Crippen LogP contribution in [0.25, 0.3) is 22.3 Å². The SMILES string of the molecule is CN1CCN(C2CCCc3ccc(-c4ccc(-c5ccccc5)cc4)cc32)CC1. The van der Waals surface area contributed by atoms with Crippen LogP contribution in [0, 0.1) is 0 Å². The Morgan fingerprint density at radius 3 is 2.03 bits per heavy atom. The van der Waals surface area contributed by atoms with Gasteiger partial charge in [0.05, 0.1) is 0 Å². The van der Waals surface area contributed by atoms with Gasteiger partial charge >= 0.3 is 0 Å². The monoisotopic (exact) mass is 382 g/mol. The summed E-state index contributed by atoms with van der Waals surface area (Å²) in [6.45, 7) is 4.76. The smallest absolute Gasteiger partial charge is 0.0352 e. The summed E-state index contributed by atoms with van der Waals surface area (Å²) < 4.78 is 0. The Morgan fingerprint density at radius 1 is 0.690 bits per heavy atom. The van der Waals surface area contributed by atoms with Crippen LogP contribution < -0.4 is 0 Å². The van der Waals surface area contributed by atoms with Crippen LogP contribution in [0.3, 0.4) is 0 Å². The molecule has 1 fully saturated rings. The summed E-state index contributed by atoms with van der Waals surface area (Å²) in [5, 5.41) is 0. The highest BCUT2D eigenvalue weighted by Crippen LogP contribution is 2.37. The van der Waals surface area contributed by atoms with Crippen LogP contribution in [-0.2, 0) is 6.42 Å². The van der Waals surface area contributed by atoms with E-state index in [1.807, 2.05) is 0 Å². The zero-order chi connectivity index (χ0) is 19.6. The van der Waals surface area contributed by atoms with Crippen molar-refractivity contribution in [2.45, 2.75) is 25.3 Å². The Hall–Kier alpha value is -2.42. The fraction of sp³-hybridized carbons (Fsp3) is 0.333. The largest absolute Gasteiger partial charge is 0.304 e. The third-order valence-corrected chi connectivity index (χ3v) is 6.73. The molecule has 0 saturated carbocycles. The summed E-state index contributed by atoms with van der Waals surface area (Å²) in [6.07, 6.45) is 3.84. The molecule has 2 heteroatoms. The molecule has 0 N–H and O–H groups in total. The van der Waals surface area contributed by atoms with E-state index in [0.29, 0.717) is 6.04 Å². The Balaban J connectivity index is 1.43. The Kier molecular flexibility index (Phi) is 5.22. The molecule has 29 heavy (non-hydrogen) atoms. The lowest BCUT2D eigenvalue weighted by molar-refractivity contribution is 0.102. The van der Waals surface area contributed by atoms with Crippen LogP contribution in [0.1, 0.15) is 30.0 Å². The lowest BCUT2D eigenvalue weighted by Crippen LogP contribution is -2.46. The van der Waals surface area contributed by atoms with Gasteiger partial charge in [0.2, 0.25) is 0 Å². The summed E-state index contributed by atoms with van der Waals surface area (Å²) in [5.41, 5.74) is 8.36. The van der Waals surface area contributed by atoms with E-state index in [4.69, 9.17) is 0 Å². The molecule has 0 radical (unpaired) electrons. The van der Waals surface area contributed by atoms with E-state index in [-0.39, 0.29) is 0 Å². The predicted octanol–water partition coefficient (Wildman–Crippen LogP) is 5.65. The molecule has 2 aliphatic rings. The van der Waals surface area contributed by atoms with E-state index in [9.17, 15) is 0 Å². The topological polar surface area (TPSA) is 6.48 Å². The van der Waals surface area contributed by atoms with Crippen LogP contribution in [0.5, 0.6) is 0 Å². The molecular weight excluding hydrogens is 352 g/mol. The molecule has 1 aliphatic heterocycles. The Bertz CT molecular complexity index is 954. The van der Waals surface area contributed by atoms with Crippen LogP contribution >= 0.6 is 0 Å². The first kappa shape index (κ1) is 18.6. The average molecular weight is 383 g/mol. The number of rotatable bonds is 3. The van der Waals surface area contributed by atoms with Gasteiger partial charge in [0.15, 0.2) is 0 Å². The molecule has 1 unspecified atom stereocenters. The van der Waals surface area contributed by atoms with Gasteiger partial charge < -0.3 is 4.90 Å². The number of hydrogen-bond donors (Lipinski definition) is 0. The lowest BCUT2D eigenvalue weighted by Gasteiger charge is -2.40. The maximum Gasteiger partial charge on any atom is 0.0352 e. The number of aryl methyl sites for hydroxylation is 1. The van der Waals surface area contributed by atoms with E-state index in [1.165, 1.54) is 67.7 Å². The molecule has 1 heterocycles. The number of likely N-dealkylation sites (N-methyl/N-ethyl adjacent to an activating group) is 1. The molecule has 0 amide bonds. The zero-order valence-corrected chi connectivity index (χ0v) is 17.3. The minimum atomic E-state index is 0.594. The van der Waals surface area contributed by atoms with Gasteiger partial charge in [-0.2, -0.15) is 0 Å². The molecule has 3 aromatic rings. The van der Waals surface area contributed by atoms with Crippen molar-refractivity contribution in [3.8, 4) is 22.3 Å². The lowest BCUT2D eigenvalue weighted by atomic mass is 9.84. The summed E-state index contributed by atoms with van der Waals surface area (Å²) >= 11 is 0. The van der Waals surface area contributed by atoms with E-state index >= 15 is 0 Å². The van der Waals surface area contributed by atoms with E-state index in [2.05, 4.69) is 89.6 Å². The van der Waals surface area contributed by atoms with Crippen LogP contribution in [0.4, 0.5) is 0 Å². The van der Waals surface area contributed by atoms with Gasteiger partial charge in [-0.3, -0.25) is 4.90 Å². The van der Waals surface area contributed by atoms with Crippen molar-refractivity contribution in [3.63, 3.8) is 0 Å². The third kappa shape index (κ3) is 3.88. The Morgan fingerprint density at radius 2 is 1.31 bits per heavy atom. The van der Waals surface area contributed by atoms with Crippen LogP contribution in [0.15, 0.2) is 72.8 Å². The second-order valence-electron chi connectivity index (χ2n) is 8.60. The molecule has 2 nitrogen and oxygen atoms in total. The molecular formula is C27H30N2. The molecule has 1 atom stereocenters. The molecule has 0 bridgehead atoms. The summed E-state index contributed by atoms with van der Waals surface area (Å²) in [7, 11) is 2.24. The maximum absolute atomic E-state index is 2.72. The summed E-state index contributed by atoms with van der Waals surface area (Å²) in [5.74, 6) is 0. The molecule has 1 aliphatic carbocycles. The Labute approximate surface area is 174 Å². The van der Waals surface area contributed by atoms with E-state index < -0.39 is 0 Å². The first-order valence-electron chi connectivity index (χ1n) is 11.0. The average Bonchev–Trinajstić information content (AvgIpc) is 2.80. The van der Waals surface area contributed by atoms with E-state index in [0.717, 1.165) is 0 Å². The van der Waals surface area contributed by atoms with Gasteiger partial charge in [-0.1, -0.05) is 66.7 Å². The number of nitrogens with zero attached hydrogens (tertiary/aromatic N) is 2. The van der Waals surface area contributed by atoms with Gasteiger partial charge in [0.1, 0.15) is 0 Å². The highest BCUT2D eigenvalue weighted by atomic mass is 15.3. The quantitative estimate of drug-likeness (QED) is 0.578. The van der Waals surface area contributed by atoms with Crippen molar-refractivity contribution in [1.82, 2.24) is 9.80 Å². The highest BCUT2D eigenvalue weighted by Gasteiger charge is 2.28. The van der Waals surface area contributed by atoms with Crippen molar-refractivity contribution in [2.75, 3.05) is 33.2 Å². The van der Waals surface area contributed by atoms with Crippen molar-refractivity contribution in [1.29, 1.82) is 0 Å². The first-order chi connectivity index (χ1) is 14.3. The number of benzene rings is 3. The number of fused-ring (bicyclic) bond motifs is 1. The van der Waals surface area contributed by atoms with Crippen molar-refractivity contribution >= 4 is 0 Å². The van der Waals surface area contributed by atoms with Crippen LogP contribution in [-0.4, -0.2) is 43.0 Å². The van der Waals surface area contributed by atoms with E-state index in [1.54, 1.807) is 11.1 Å². The molecule has 148 valence electrons. The second-order valence-corrected chi connectivity index (χ2v) is 8.60. The normalized spacial score (nSPS) is 20.4. The van der Waals surface area contributed by atoms with Gasteiger partial charge in [-0.25, -0.2) is 0 Å². The predicted molar refractivity (Wildman–Crippen MR) is 122 cm³/mol. The number of piperazine rings is 1. The maximum atomic E-state index is 2.72. The fourth-order valence-corrected chi connectivity index (χ4v) is 4.95. The molecule has 3 aromatic carbocycles.